The number of thiophene rings is 1. The standard InChI is InChI=1S/C19H12FNO2S/c20-13-4-1-11(2-5-13)9-16-15-7-8-24-18(15)14-6-3-12(19(22)23)10-17(14)21-16/h1-8,10H,9H2,(H,22,23). The van der Waals surface area contributed by atoms with Crippen LogP contribution in [0.15, 0.2) is 53.9 Å². The quantitative estimate of drug-likeness (QED) is 0.580. The minimum atomic E-state index is -0.968. The van der Waals surface area contributed by atoms with Crippen LogP contribution >= 0.6 is 11.3 Å². The van der Waals surface area contributed by atoms with Crippen LogP contribution in [0.2, 0.25) is 0 Å². The van der Waals surface area contributed by atoms with Crippen LogP contribution in [0, 0.1) is 5.82 Å². The maximum atomic E-state index is 13.1. The Hall–Kier alpha value is -2.79. The summed E-state index contributed by atoms with van der Waals surface area (Å²) in [7, 11) is 0. The summed E-state index contributed by atoms with van der Waals surface area (Å²) < 4.78 is 14.2. The lowest BCUT2D eigenvalue weighted by Crippen LogP contribution is -1.98. The number of rotatable bonds is 3. The van der Waals surface area contributed by atoms with Crippen LogP contribution < -0.4 is 0 Å². The van der Waals surface area contributed by atoms with Gasteiger partial charge in [0.1, 0.15) is 5.82 Å². The molecule has 0 saturated heterocycles. The van der Waals surface area contributed by atoms with E-state index in [1.54, 1.807) is 35.6 Å². The third-order valence-electron chi connectivity index (χ3n) is 4.01. The number of hydrogen-bond acceptors (Lipinski definition) is 3. The zero-order valence-electron chi connectivity index (χ0n) is 12.5. The Morgan fingerprint density at radius 3 is 2.62 bits per heavy atom. The maximum absolute atomic E-state index is 13.1. The van der Waals surface area contributed by atoms with Crippen LogP contribution in [-0.4, -0.2) is 16.1 Å². The molecule has 2 aromatic heterocycles. The molecule has 118 valence electrons. The lowest BCUT2D eigenvalue weighted by Gasteiger charge is -2.07. The van der Waals surface area contributed by atoms with Gasteiger partial charge in [-0.15, -0.1) is 11.3 Å². The second kappa shape index (κ2) is 5.69. The normalized spacial score (nSPS) is 11.2. The fraction of sp³-hybridized carbons (Fsp3) is 0.0526. The largest absolute Gasteiger partial charge is 0.478 e. The van der Waals surface area contributed by atoms with Gasteiger partial charge < -0.3 is 5.11 Å². The number of carboxylic acid groups (broad SMARTS) is 1. The van der Waals surface area contributed by atoms with E-state index in [1.165, 1.54) is 12.1 Å². The molecule has 0 atom stereocenters. The molecule has 2 heterocycles. The number of benzene rings is 2. The van der Waals surface area contributed by atoms with Crippen molar-refractivity contribution in [1.82, 2.24) is 4.98 Å². The predicted molar refractivity (Wildman–Crippen MR) is 93.3 cm³/mol. The topological polar surface area (TPSA) is 50.2 Å². The van der Waals surface area contributed by atoms with Gasteiger partial charge in [0.2, 0.25) is 0 Å². The summed E-state index contributed by atoms with van der Waals surface area (Å²) in [6.07, 6.45) is 0.570. The van der Waals surface area contributed by atoms with Gasteiger partial charge in [-0.3, -0.25) is 4.98 Å². The number of hydrogen-bond donors (Lipinski definition) is 1. The Bertz CT molecular complexity index is 1070. The van der Waals surface area contributed by atoms with Gasteiger partial charge >= 0.3 is 5.97 Å². The van der Waals surface area contributed by atoms with Crippen molar-refractivity contribution < 1.29 is 14.3 Å². The van der Waals surface area contributed by atoms with Crippen molar-refractivity contribution >= 4 is 38.3 Å². The van der Waals surface area contributed by atoms with Crippen LogP contribution in [0.5, 0.6) is 0 Å². The van der Waals surface area contributed by atoms with Crippen LogP contribution in [0.3, 0.4) is 0 Å². The summed E-state index contributed by atoms with van der Waals surface area (Å²) in [6.45, 7) is 0. The number of pyridine rings is 1. The second-order valence-corrected chi connectivity index (χ2v) is 6.48. The highest BCUT2D eigenvalue weighted by atomic mass is 32.1. The minimum absolute atomic E-state index is 0.221. The van der Waals surface area contributed by atoms with Gasteiger partial charge in [0.05, 0.1) is 16.8 Å². The number of carbonyl (C=O) groups is 1. The summed E-state index contributed by atoms with van der Waals surface area (Å²) in [4.78, 5) is 15.9. The van der Waals surface area contributed by atoms with Gasteiger partial charge in [0.25, 0.3) is 0 Å². The lowest BCUT2D eigenvalue weighted by atomic mass is 10.0. The Balaban J connectivity index is 1.90. The zero-order valence-corrected chi connectivity index (χ0v) is 13.3. The highest BCUT2D eigenvalue weighted by Crippen LogP contribution is 2.32. The third-order valence-corrected chi connectivity index (χ3v) is 4.95. The fourth-order valence-corrected chi connectivity index (χ4v) is 3.78. The van der Waals surface area contributed by atoms with Crippen molar-refractivity contribution in [3.8, 4) is 0 Å². The number of aromatic carboxylic acids is 1. The fourth-order valence-electron chi connectivity index (χ4n) is 2.83. The first kappa shape index (κ1) is 14.8. The molecular weight excluding hydrogens is 325 g/mol. The summed E-state index contributed by atoms with van der Waals surface area (Å²) in [5.41, 5.74) is 2.72. The van der Waals surface area contributed by atoms with E-state index in [2.05, 4.69) is 4.98 Å². The summed E-state index contributed by atoms with van der Waals surface area (Å²) >= 11 is 1.61. The smallest absolute Gasteiger partial charge is 0.335 e. The monoisotopic (exact) mass is 337 g/mol. The molecule has 24 heavy (non-hydrogen) atoms. The Morgan fingerprint density at radius 1 is 1.08 bits per heavy atom. The van der Waals surface area contributed by atoms with Crippen molar-refractivity contribution in [3.05, 3.63) is 76.5 Å². The molecule has 0 unspecified atom stereocenters. The average Bonchev–Trinajstić information content (AvgIpc) is 3.06. The number of fused-ring (bicyclic) bond motifs is 3. The first-order chi connectivity index (χ1) is 11.6. The highest BCUT2D eigenvalue weighted by molar-refractivity contribution is 7.18. The number of halogens is 1. The molecule has 0 fully saturated rings. The highest BCUT2D eigenvalue weighted by Gasteiger charge is 2.12. The summed E-state index contributed by atoms with van der Waals surface area (Å²) in [6, 6.07) is 13.4. The molecule has 0 amide bonds. The van der Waals surface area contributed by atoms with Crippen molar-refractivity contribution in [1.29, 1.82) is 0 Å². The molecule has 0 aliphatic rings. The van der Waals surface area contributed by atoms with E-state index in [0.29, 0.717) is 11.9 Å². The summed E-state index contributed by atoms with van der Waals surface area (Å²) in [5.74, 6) is -1.23. The SMILES string of the molecule is O=C(O)c1ccc2c(c1)nc(Cc1ccc(F)cc1)c1ccsc12. The van der Waals surface area contributed by atoms with Crippen molar-refractivity contribution in [2.24, 2.45) is 0 Å². The van der Waals surface area contributed by atoms with Crippen LogP contribution in [0.4, 0.5) is 4.39 Å². The van der Waals surface area contributed by atoms with Crippen LogP contribution in [-0.2, 0) is 6.42 Å². The van der Waals surface area contributed by atoms with Gasteiger partial charge in [0, 0.05) is 21.9 Å². The second-order valence-electron chi connectivity index (χ2n) is 5.56. The molecule has 1 N–H and O–H groups in total. The summed E-state index contributed by atoms with van der Waals surface area (Å²) in [5, 5.41) is 13.2. The van der Waals surface area contributed by atoms with Crippen molar-refractivity contribution in [3.63, 3.8) is 0 Å². The first-order valence-corrected chi connectivity index (χ1v) is 8.27. The van der Waals surface area contributed by atoms with E-state index in [0.717, 1.165) is 26.7 Å². The Labute approximate surface area is 141 Å². The Morgan fingerprint density at radius 2 is 1.88 bits per heavy atom. The maximum Gasteiger partial charge on any atom is 0.335 e. The van der Waals surface area contributed by atoms with Gasteiger partial charge in [-0.1, -0.05) is 18.2 Å². The van der Waals surface area contributed by atoms with E-state index in [1.807, 2.05) is 17.5 Å². The molecule has 3 nitrogen and oxygen atoms in total. The van der Waals surface area contributed by atoms with Gasteiger partial charge in [0.15, 0.2) is 0 Å². The predicted octanol–water partition coefficient (Wildman–Crippen LogP) is 4.88. The Kier molecular flexibility index (Phi) is 3.50. The number of aromatic nitrogens is 1. The van der Waals surface area contributed by atoms with E-state index < -0.39 is 5.97 Å². The lowest BCUT2D eigenvalue weighted by molar-refractivity contribution is 0.0697. The first-order valence-electron chi connectivity index (χ1n) is 7.39. The average molecular weight is 337 g/mol. The van der Waals surface area contributed by atoms with Gasteiger partial charge in [-0.25, -0.2) is 9.18 Å². The van der Waals surface area contributed by atoms with Crippen molar-refractivity contribution in [2.75, 3.05) is 0 Å². The van der Waals surface area contributed by atoms with E-state index in [4.69, 9.17) is 0 Å². The molecule has 4 aromatic rings. The van der Waals surface area contributed by atoms with E-state index in [-0.39, 0.29) is 11.4 Å². The third kappa shape index (κ3) is 2.53. The molecule has 0 aliphatic heterocycles. The molecule has 0 bridgehead atoms. The molecule has 0 spiro atoms. The van der Waals surface area contributed by atoms with E-state index in [9.17, 15) is 14.3 Å². The van der Waals surface area contributed by atoms with Gasteiger partial charge in [-0.05, 0) is 41.3 Å². The number of nitrogens with zero attached hydrogens (tertiary/aromatic N) is 1. The molecule has 0 aliphatic carbocycles. The molecule has 2 aromatic carbocycles. The van der Waals surface area contributed by atoms with Crippen LogP contribution in [0.25, 0.3) is 21.0 Å². The van der Waals surface area contributed by atoms with Gasteiger partial charge in [-0.2, -0.15) is 0 Å². The molecule has 0 saturated carbocycles. The molecular formula is C19H12FNO2S. The van der Waals surface area contributed by atoms with Crippen molar-refractivity contribution in [2.45, 2.75) is 6.42 Å². The number of carboxylic acids is 1. The zero-order chi connectivity index (χ0) is 16.7. The minimum Gasteiger partial charge on any atom is -0.478 e. The van der Waals surface area contributed by atoms with Crippen LogP contribution in [0.1, 0.15) is 21.6 Å². The van der Waals surface area contributed by atoms with E-state index >= 15 is 0 Å². The molecule has 4 rings (SSSR count). The molecule has 0 radical (unpaired) electrons. The molecule has 5 heteroatoms.